The first-order valence-corrected chi connectivity index (χ1v) is 5.19. The summed E-state index contributed by atoms with van der Waals surface area (Å²) < 4.78 is 7.28. The Labute approximate surface area is 94.6 Å². The molecule has 0 fully saturated rings. The van der Waals surface area contributed by atoms with Crippen molar-refractivity contribution in [2.75, 3.05) is 0 Å². The van der Waals surface area contributed by atoms with Gasteiger partial charge in [-0.3, -0.25) is 4.68 Å². The van der Waals surface area contributed by atoms with Crippen molar-refractivity contribution in [2.24, 2.45) is 5.73 Å². The molecule has 0 aliphatic heterocycles. The standard InChI is InChI=1S/C12H15N3O/c1-9-3-5-11(6-4-9)16-12-7-14-15(8-12)10(2)13/h3-8,10H,13H2,1-2H3. The Balaban J connectivity index is 2.11. The van der Waals surface area contributed by atoms with Gasteiger partial charge in [0.2, 0.25) is 0 Å². The van der Waals surface area contributed by atoms with Crippen molar-refractivity contribution < 1.29 is 4.74 Å². The number of benzene rings is 1. The normalized spacial score (nSPS) is 12.4. The van der Waals surface area contributed by atoms with Crippen LogP contribution in [0.5, 0.6) is 11.5 Å². The average Bonchev–Trinajstić information content (AvgIpc) is 2.70. The molecule has 0 saturated heterocycles. The quantitative estimate of drug-likeness (QED) is 0.859. The number of rotatable bonds is 3. The van der Waals surface area contributed by atoms with Crippen LogP contribution in [0.1, 0.15) is 18.7 Å². The first-order chi connectivity index (χ1) is 7.65. The summed E-state index contributed by atoms with van der Waals surface area (Å²) in [5, 5.41) is 4.10. The number of aryl methyl sites for hydroxylation is 1. The lowest BCUT2D eigenvalue weighted by molar-refractivity contribution is 0.474. The van der Waals surface area contributed by atoms with Crippen molar-refractivity contribution in [2.45, 2.75) is 20.0 Å². The minimum absolute atomic E-state index is 0.143. The van der Waals surface area contributed by atoms with Crippen LogP contribution in [0.2, 0.25) is 0 Å². The molecular weight excluding hydrogens is 202 g/mol. The number of hydrogen-bond donors (Lipinski definition) is 1. The summed E-state index contributed by atoms with van der Waals surface area (Å²) in [5.41, 5.74) is 6.89. The van der Waals surface area contributed by atoms with Crippen LogP contribution in [0.4, 0.5) is 0 Å². The van der Waals surface area contributed by atoms with Crippen LogP contribution in [0, 0.1) is 6.92 Å². The van der Waals surface area contributed by atoms with E-state index in [1.165, 1.54) is 5.56 Å². The molecular formula is C12H15N3O. The summed E-state index contributed by atoms with van der Waals surface area (Å²) in [6.45, 7) is 3.90. The Morgan fingerprint density at radius 1 is 1.25 bits per heavy atom. The Bertz CT molecular complexity index is 459. The van der Waals surface area contributed by atoms with Crippen LogP contribution in [0.3, 0.4) is 0 Å². The minimum Gasteiger partial charge on any atom is -0.454 e. The van der Waals surface area contributed by atoms with E-state index in [-0.39, 0.29) is 6.17 Å². The second-order valence-corrected chi connectivity index (χ2v) is 3.81. The second-order valence-electron chi connectivity index (χ2n) is 3.81. The maximum absolute atomic E-state index is 5.69. The van der Waals surface area contributed by atoms with Gasteiger partial charge in [-0.2, -0.15) is 5.10 Å². The SMILES string of the molecule is Cc1ccc(Oc2cnn(C(C)N)c2)cc1. The number of aromatic nitrogens is 2. The molecule has 0 amide bonds. The van der Waals surface area contributed by atoms with Gasteiger partial charge in [0.25, 0.3) is 0 Å². The van der Waals surface area contributed by atoms with Crippen molar-refractivity contribution >= 4 is 0 Å². The largest absolute Gasteiger partial charge is 0.454 e. The van der Waals surface area contributed by atoms with Crippen molar-refractivity contribution in [1.29, 1.82) is 0 Å². The fraction of sp³-hybridized carbons (Fsp3) is 0.250. The fourth-order valence-electron chi connectivity index (χ4n) is 1.34. The zero-order valence-corrected chi connectivity index (χ0v) is 9.42. The first-order valence-electron chi connectivity index (χ1n) is 5.19. The molecule has 0 radical (unpaired) electrons. The summed E-state index contributed by atoms with van der Waals surface area (Å²) in [7, 11) is 0. The third-order valence-electron chi connectivity index (χ3n) is 2.25. The molecule has 1 unspecified atom stereocenters. The Hall–Kier alpha value is -1.81. The zero-order valence-electron chi connectivity index (χ0n) is 9.42. The van der Waals surface area contributed by atoms with Crippen LogP contribution >= 0.6 is 0 Å². The van der Waals surface area contributed by atoms with Gasteiger partial charge in [0.1, 0.15) is 5.75 Å². The molecule has 84 valence electrons. The molecule has 1 heterocycles. The molecule has 1 aromatic heterocycles. The minimum atomic E-state index is -0.143. The smallest absolute Gasteiger partial charge is 0.165 e. The second kappa shape index (κ2) is 4.37. The lowest BCUT2D eigenvalue weighted by atomic mass is 10.2. The summed E-state index contributed by atoms with van der Waals surface area (Å²) in [6, 6.07) is 7.87. The van der Waals surface area contributed by atoms with Crippen molar-refractivity contribution in [1.82, 2.24) is 9.78 Å². The molecule has 1 aromatic carbocycles. The lowest BCUT2D eigenvalue weighted by Crippen LogP contribution is -2.14. The molecule has 0 spiro atoms. The van der Waals surface area contributed by atoms with E-state index in [0.29, 0.717) is 5.75 Å². The van der Waals surface area contributed by atoms with Crippen molar-refractivity contribution in [3.63, 3.8) is 0 Å². The lowest BCUT2D eigenvalue weighted by Gasteiger charge is -2.04. The Kier molecular flexibility index (Phi) is 2.92. The van der Waals surface area contributed by atoms with Crippen LogP contribution in [0.25, 0.3) is 0 Å². The highest BCUT2D eigenvalue weighted by molar-refractivity contribution is 5.30. The van der Waals surface area contributed by atoms with E-state index >= 15 is 0 Å². The first kappa shape index (κ1) is 10.7. The summed E-state index contributed by atoms with van der Waals surface area (Å²) >= 11 is 0. The highest BCUT2D eigenvalue weighted by atomic mass is 16.5. The van der Waals surface area contributed by atoms with Gasteiger partial charge in [0.15, 0.2) is 5.75 Å². The van der Waals surface area contributed by atoms with Crippen LogP contribution in [-0.4, -0.2) is 9.78 Å². The highest BCUT2D eigenvalue weighted by Crippen LogP contribution is 2.21. The predicted octanol–water partition coefficient (Wildman–Crippen LogP) is 2.46. The topological polar surface area (TPSA) is 53.1 Å². The number of nitrogens with zero attached hydrogens (tertiary/aromatic N) is 2. The highest BCUT2D eigenvalue weighted by Gasteiger charge is 2.03. The molecule has 1 atom stereocenters. The Morgan fingerprint density at radius 3 is 2.50 bits per heavy atom. The maximum Gasteiger partial charge on any atom is 0.165 e. The van der Waals surface area contributed by atoms with Gasteiger partial charge >= 0.3 is 0 Å². The molecule has 2 N–H and O–H groups in total. The Morgan fingerprint density at radius 2 is 1.94 bits per heavy atom. The van der Waals surface area contributed by atoms with E-state index in [1.54, 1.807) is 17.1 Å². The molecule has 0 aliphatic rings. The molecule has 2 rings (SSSR count). The average molecular weight is 217 g/mol. The number of nitrogens with two attached hydrogens (primary N) is 1. The maximum atomic E-state index is 5.69. The summed E-state index contributed by atoms with van der Waals surface area (Å²) in [6.07, 6.45) is 3.30. The van der Waals surface area contributed by atoms with Gasteiger partial charge < -0.3 is 10.5 Å². The summed E-state index contributed by atoms with van der Waals surface area (Å²) in [4.78, 5) is 0. The molecule has 2 aromatic rings. The van der Waals surface area contributed by atoms with E-state index in [0.717, 1.165) is 5.75 Å². The van der Waals surface area contributed by atoms with Crippen LogP contribution in [-0.2, 0) is 0 Å². The van der Waals surface area contributed by atoms with Crippen molar-refractivity contribution in [3.8, 4) is 11.5 Å². The monoisotopic (exact) mass is 217 g/mol. The van der Waals surface area contributed by atoms with Gasteiger partial charge in [-0.25, -0.2) is 0 Å². The van der Waals surface area contributed by atoms with Gasteiger partial charge in [-0.15, -0.1) is 0 Å². The third-order valence-corrected chi connectivity index (χ3v) is 2.25. The third kappa shape index (κ3) is 2.41. The molecule has 0 aliphatic carbocycles. The zero-order chi connectivity index (χ0) is 11.5. The molecule has 0 saturated carbocycles. The van der Waals surface area contributed by atoms with E-state index in [4.69, 9.17) is 10.5 Å². The van der Waals surface area contributed by atoms with Crippen LogP contribution < -0.4 is 10.5 Å². The number of ether oxygens (including phenoxy) is 1. The molecule has 0 bridgehead atoms. The van der Waals surface area contributed by atoms with Gasteiger partial charge in [-0.1, -0.05) is 17.7 Å². The van der Waals surface area contributed by atoms with Gasteiger partial charge in [0, 0.05) is 0 Å². The summed E-state index contributed by atoms with van der Waals surface area (Å²) in [5.74, 6) is 1.50. The van der Waals surface area contributed by atoms with E-state index in [9.17, 15) is 0 Å². The van der Waals surface area contributed by atoms with Gasteiger partial charge in [0.05, 0.1) is 18.6 Å². The van der Waals surface area contributed by atoms with E-state index < -0.39 is 0 Å². The molecule has 4 heteroatoms. The number of hydrogen-bond acceptors (Lipinski definition) is 3. The predicted molar refractivity (Wildman–Crippen MR) is 62.4 cm³/mol. The van der Waals surface area contributed by atoms with Gasteiger partial charge in [-0.05, 0) is 26.0 Å². The molecule has 4 nitrogen and oxygen atoms in total. The van der Waals surface area contributed by atoms with E-state index in [2.05, 4.69) is 5.10 Å². The van der Waals surface area contributed by atoms with Crippen molar-refractivity contribution in [3.05, 3.63) is 42.2 Å². The fourth-order valence-corrected chi connectivity index (χ4v) is 1.34. The molecule has 16 heavy (non-hydrogen) atoms. The van der Waals surface area contributed by atoms with E-state index in [1.807, 2.05) is 38.1 Å². The van der Waals surface area contributed by atoms with Crippen LogP contribution in [0.15, 0.2) is 36.7 Å².